The highest BCUT2D eigenvalue weighted by Gasteiger charge is 2.55. The zero-order valence-corrected chi connectivity index (χ0v) is 13.4. The van der Waals surface area contributed by atoms with E-state index in [-0.39, 0.29) is 11.9 Å². The molecule has 124 valence electrons. The molecule has 2 fully saturated rings. The van der Waals surface area contributed by atoms with Crippen LogP contribution in [0, 0.1) is 18.3 Å². The van der Waals surface area contributed by atoms with E-state index in [1.54, 1.807) is 11.1 Å². The Morgan fingerprint density at radius 3 is 3.04 bits per heavy atom. The van der Waals surface area contributed by atoms with Crippen LogP contribution in [-0.4, -0.2) is 46.6 Å². The van der Waals surface area contributed by atoms with E-state index >= 15 is 0 Å². The van der Waals surface area contributed by atoms with Gasteiger partial charge in [-0.1, -0.05) is 12.5 Å². The first-order chi connectivity index (χ1) is 11.0. The van der Waals surface area contributed by atoms with E-state index in [9.17, 15) is 14.7 Å². The third-order valence-electron chi connectivity index (χ3n) is 5.34. The van der Waals surface area contributed by atoms with E-state index in [1.807, 2.05) is 19.1 Å². The minimum absolute atomic E-state index is 0.101. The highest BCUT2D eigenvalue weighted by atomic mass is 16.4. The molecule has 1 aromatic heterocycles. The van der Waals surface area contributed by atoms with Gasteiger partial charge in [-0.15, -0.1) is 0 Å². The molecule has 23 heavy (non-hydrogen) atoms. The third kappa shape index (κ3) is 2.90. The molecule has 2 aliphatic rings. The number of hydrogen-bond acceptors (Lipinski definition) is 3. The second-order valence-electron chi connectivity index (χ2n) is 6.68. The number of carboxylic acid groups (broad SMARTS) is 1. The lowest BCUT2D eigenvalue weighted by molar-refractivity contribution is -0.149. The first kappa shape index (κ1) is 15.8. The van der Waals surface area contributed by atoms with Crippen LogP contribution in [0.1, 0.15) is 30.5 Å². The molecule has 2 atom stereocenters. The quantitative estimate of drug-likeness (QED) is 0.887. The summed E-state index contributed by atoms with van der Waals surface area (Å²) in [5.74, 6) is -0.650. The maximum atomic E-state index is 12.3. The van der Waals surface area contributed by atoms with Crippen molar-refractivity contribution in [1.82, 2.24) is 15.2 Å². The second-order valence-corrected chi connectivity index (χ2v) is 6.68. The molecule has 3 rings (SSSR count). The number of likely N-dealkylation sites (tertiary alicyclic amines) is 1. The van der Waals surface area contributed by atoms with Gasteiger partial charge in [-0.25, -0.2) is 4.79 Å². The van der Waals surface area contributed by atoms with Crippen LogP contribution in [0.4, 0.5) is 4.79 Å². The van der Waals surface area contributed by atoms with Crippen LogP contribution in [-0.2, 0) is 11.2 Å². The van der Waals surface area contributed by atoms with Crippen LogP contribution in [0.2, 0.25) is 0 Å². The summed E-state index contributed by atoms with van der Waals surface area (Å²) in [7, 11) is 0. The summed E-state index contributed by atoms with van der Waals surface area (Å²) in [6, 6.07) is 3.74. The first-order valence-corrected chi connectivity index (χ1v) is 8.19. The van der Waals surface area contributed by atoms with Gasteiger partial charge < -0.3 is 15.3 Å². The summed E-state index contributed by atoms with van der Waals surface area (Å²) in [6.07, 6.45) is 4.97. The largest absolute Gasteiger partial charge is 0.481 e. The van der Waals surface area contributed by atoms with Crippen LogP contribution in [0.15, 0.2) is 18.3 Å². The average Bonchev–Trinajstić information content (AvgIpc) is 3.07. The van der Waals surface area contributed by atoms with E-state index in [0.29, 0.717) is 32.5 Å². The Morgan fingerprint density at radius 2 is 2.35 bits per heavy atom. The highest BCUT2D eigenvalue weighted by Crippen LogP contribution is 2.48. The maximum absolute atomic E-state index is 12.3. The Morgan fingerprint density at radius 1 is 1.52 bits per heavy atom. The van der Waals surface area contributed by atoms with E-state index in [0.717, 1.165) is 24.1 Å². The van der Waals surface area contributed by atoms with Crippen LogP contribution in [0.3, 0.4) is 0 Å². The Balaban J connectivity index is 1.54. The fourth-order valence-electron chi connectivity index (χ4n) is 3.97. The predicted molar refractivity (Wildman–Crippen MR) is 85.1 cm³/mol. The molecule has 0 spiro atoms. The predicted octanol–water partition coefficient (Wildman–Crippen LogP) is 1.83. The lowest BCUT2D eigenvalue weighted by Crippen LogP contribution is -2.42. The molecular formula is C17H23N3O3. The SMILES string of the molecule is Cc1cccnc1CCNC(=O)N1C[C@@H]2CCC[C@@]2(C(=O)O)C1. The number of nitrogens with one attached hydrogen (secondary N) is 1. The number of urea groups is 1. The van der Waals surface area contributed by atoms with Crippen LogP contribution >= 0.6 is 0 Å². The van der Waals surface area contributed by atoms with Gasteiger partial charge in [-0.3, -0.25) is 9.78 Å². The van der Waals surface area contributed by atoms with E-state index in [2.05, 4.69) is 10.3 Å². The molecule has 2 amide bonds. The molecule has 2 heterocycles. The molecule has 0 unspecified atom stereocenters. The van der Waals surface area contributed by atoms with Crippen molar-refractivity contribution in [2.24, 2.45) is 11.3 Å². The standard InChI is InChI=1S/C17H23N3O3/c1-12-4-3-8-18-14(12)6-9-19-16(23)20-10-13-5-2-7-17(13,11-20)15(21)22/h3-4,8,13H,2,5-7,9-11H2,1H3,(H,19,23)(H,21,22)/t13-,17+/m0/s1. The number of carbonyl (C=O) groups excluding carboxylic acids is 1. The number of hydrogen-bond donors (Lipinski definition) is 2. The van der Waals surface area contributed by atoms with Crippen LogP contribution in [0.25, 0.3) is 0 Å². The van der Waals surface area contributed by atoms with Gasteiger partial charge in [0, 0.05) is 37.9 Å². The number of pyridine rings is 1. The normalized spacial score (nSPS) is 26.1. The summed E-state index contributed by atoms with van der Waals surface area (Å²) in [5.41, 5.74) is 1.38. The lowest BCUT2D eigenvalue weighted by atomic mass is 9.81. The molecule has 6 heteroatoms. The van der Waals surface area contributed by atoms with E-state index in [4.69, 9.17) is 0 Å². The fraction of sp³-hybridized carbons (Fsp3) is 0.588. The number of aliphatic carboxylic acids is 1. The number of nitrogens with zero attached hydrogens (tertiary/aromatic N) is 2. The van der Waals surface area contributed by atoms with Gasteiger partial charge in [0.25, 0.3) is 0 Å². The average molecular weight is 317 g/mol. The molecule has 1 aliphatic carbocycles. The minimum Gasteiger partial charge on any atom is -0.481 e. The molecule has 1 saturated carbocycles. The van der Waals surface area contributed by atoms with Gasteiger partial charge in [0.1, 0.15) is 0 Å². The minimum atomic E-state index is -0.751. The van der Waals surface area contributed by atoms with E-state index < -0.39 is 11.4 Å². The van der Waals surface area contributed by atoms with Gasteiger partial charge in [0.15, 0.2) is 0 Å². The Hall–Kier alpha value is -2.11. The smallest absolute Gasteiger partial charge is 0.317 e. The monoisotopic (exact) mass is 317 g/mol. The Labute approximate surface area is 135 Å². The lowest BCUT2D eigenvalue weighted by Gasteiger charge is -2.23. The summed E-state index contributed by atoms with van der Waals surface area (Å²) in [5, 5.41) is 12.5. The van der Waals surface area contributed by atoms with Crippen molar-refractivity contribution >= 4 is 12.0 Å². The molecule has 1 saturated heterocycles. The zero-order valence-electron chi connectivity index (χ0n) is 13.4. The van der Waals surface area contributed by atoms with Crippen LogP contribution in [0.5, 0.6) is 0 Å². The fourth-order valence-corrected chi connectivity index (χ4v) is 3.97. The van der Waals surface area contributed by atoms with Crippen molar-refractivity contribution in [3.05, 3.63) is 29.6 Å². The number of carbonyl (C=O) groups is 2. The molecule has 0 bridgehead atoms. The number of rotatable bonds is 4. The first-order valence-electron chi connectivity index (χ1n) is 8.19. The number of fused-ring (bicyclic) bond motifs is 1. The molecule has 6 nitrogen and oxygen atoms in total. The number of aromatic nitrogens is 1. The van der Waals surface area contributed by atoms with Crippen molar-refractivity contribution in [1.29, 1.82) is 0 Å². The van der Waals surface area contributed by atoms with E-state index in [1.165, 1.54) is 0 Å². The molecular weight excluding hydrogens is 294 g/mol. The van der Waals surface area contributed by atoms with Gasteiger partial charge in [0.05, 0.1) is 5.41 Å². The molecule has 0 radical (unpaired) electrons. The third-order valence-corrected chi connectivity index (χ3v) is 5.34. The zero-order chi connectivity index (χ0) is 16.4. The number of carboxylic acids is 1. The van der Waals surface area contributed by atoms with Gasteiger partial charge >= 0.3 is 12.0 Å². The number of amides is 2. The Kier molecular flexibility index (Phi) is 4.24. The van der Waals surface area contributed by atoms with Gasteiger partial charge in [-0.2, -0.15) is 0 Å². The van der Waals surface area contributed by atoms with Crippen molar-refractivity contribution in [2.75, 3.05) is 19.6 Å². The van der Waals surface area contributed by atoms with Crippen molar-refractivity contribution in [3.63, 3.8) is 0 Å². The highest BCUT2D eigenvalue weighted by molar-refractivity contribution is 5.80. The summed E-state index contributed by atoms with van der Waals surface area (Å²) >= 11 is 0. The second kappa shape index (κ2) is 6.18. The van der Waals surface area contributed by atoms with Gasteiger partial charge in [0.2, 0.25) is 0 Å². The maximum Gasteiger partial charge on any atom is 0.317 e. The number of aryl methyl sites for hydroxylation is 1. The Bertz CT molecular complexity index is 619. The molecule has 0 aromatic carbocycles. The van der Waals surface area contributed by atoms with Crippen molar-refractivity contribution < 1.29 is 14.7 Å². The summed E-state index contributed by atoms with van der Waals surface area (Å²) < 4.78 is 0. The topological polar surface area (TPSA) is 82.5 Å². The molecule has 1 aliphatic heterocycles. The van der Waals surface area contributed by atoms with Crippen LogP contribution < -0.4 is 5.32 Å². The summed E-state index contributed by atoms with van der Waals surface area (Å²) in [6.45, 7) is 3.41. The van der Waals surface area contributed by atoms with Gasteiger partial charge in [-0.05, 0) is 37.3 Å². The molecule has 1 aromatic rings. The molecule has 2 N–H and O–H groups in total. The van der Waals surface area contributed by atoms with Crippen molar-refractivity contribution in [3.8, 4) is 0 Å². The summed E-state index contributed by atoms with van der Waals surface area (Å²) in [4.78, 5) is 29.9. The van der Waals surface area contributed by atoms with Crippen molar-refractivity contribution in [2.45, 2.75) is 32.6 Å².